The lowest BCUT2D eigenvalue weighted by molar-refractivity contribution is -0.275. The number of fused-ring (bicyclic) bond motifs is 2. The molecule has 4 aliphatic rings. The number of benzene rings is 2. The van der Waals surface area contributed by atoms with E-state index in [9.17, 15) is 30.8 Å². The molecule has 7 nitrogen and oxygen atoms in total. The molecule has 6 rings (SSSR count). The van der Waals surface area contributed by atoms with E-state index >= 15 is 0 Å². The SMILES string of the molecule is O=C(C1CS(=O)(=O)C1)N1CC2(C1)OCc1cc(C3=NO[C@@](c4cc(Cl)c(F)c(Cl)c4)(C(F)(F)F)C3)ccc12. The molecule has 14 heteroatoms. The van der Waals surface area contributed by atoms with E-state index in [4.69, 9.17) is 32.8 Å². The standard InChI is InChI=1S/C24H18Cl2F4N2O5S/c25-17-4-15(5-18(26)20(17)27)23(24(28,29)30)6-19(31-37-23)12-1-2-16-13(3-12)7-36-22(16)10-32(11-22)21(33)14-8-38(34,35)9-14/h1-5,14H,6-11H2/t23-/m0/s1. The molecule has 4 heterocycles. The lowest BCUT2D eigenvalue weighted by atomic mass is 9.82. The van der Waals surface area contributed by atoms with E-state index in [1.165, 1.54) is 0 Å². The summed E-state index contributed by atoms with van der Waals surface area (Å²) < 4.78 is 85.6. The summed E-state index contributed by atoms with van der Waals surface area (Å²) in [6.45, 7) is 0.717. The van der Waals surface area contributed by atoms with Crippen molar-refractivity contribution in [2.24, 2.45) is 11.1 Å². The smallest absolute Gasteiger partial charge is 0.374 e. The van der Waals surface area contributed by atoms with E-state index in [1.54, 1.807) is 23.1 Å². The van der Waals surface area contributed by atoms with E-state index in [0.29, 0.717) is 5.56 Å². The summed E-state index contributed by atoms with van der Waals surface area (Å²) in [5.74, 6) is -2.07. The van der Waals surface area contributed by atoms with Crippen molar-refractivity contribution in [2.45, 2.75) is 30.4 Å². The highest BCUT2D eigenvalue weighted by Crippen LogP contribution is 2.51. The maximum Gasteiger partial charge on any atom is 0.435 e. The van der Waals surface area contributed by atoms with Crippen LogP contribution >= 0.6 is 23.2 Å². The number of carbonyl (C=O) groups is 1. The summed E-state index contributed by atoms with van der Waals surface area (Å²) >= 11 is 11.5. The molecule has 1 spiro atoms. The van der Waals surface area contributed by atoms with Gasteiger partial charge in [0, 0.05) is 12.0 Å². The van der Waals surface area contributed by atoms with Gasteiger partial charge in [0.15, 0.2) is 15.7 Å². The van der Waals surface area contributed by atoms with Crippen LogP contribution in [-0.4, -0.2) is 55.7 Å². The average Bonchev–Trinajstić information content (AvgIpc) is 3.42. The molecule has 0 aliphatic carbocycles. The zero-order valence-corrected chi connectivity index (χ0v) is 21.6. The van der Waals surface area contributed by atoms with Crippen molar-refractivity contribution in [3.63, 3.8) is 0 Å². The van der Waals surface area contributed by atoms with Gasteiger partial charge in [-0.3, -0.25) is 4.79 Å². The molecule has 0 bridgehead atoms. The molecular formula is C24H18Cl2F4N2O5S. The molecule has 2 fully saturated rings. The fraction of sp³-hybridized carbons (Fsp3) is 0.417. The van der Waals surface area contributed by atoms with Crippen LogP contribution in [0.4, 0.5) is 17.6 Å². The molecule has 38 heavy (non-hydrogen) atoms. The van der Waals surface area contributed by atoms with Gasteiger partial charge in [-0.15, -0.1) is 0 Å². The predicted octanol–water partition coefficient (Wildman–Crippen LogP) is 4.33. The summed E-state index contributed by atoms with van der Waals surface area (Å²) in [5, 5.41) is 2.60. The number of halogens is 6. The Labute approximate surface area is 224 Å². The molecule has 1 atom stereocenters. The minimum absolute atomic E-state index is 0.0271. The quantitative estimate of drug-likeness (QED) is 0.391. The van der Waals surface area contributed by atoms with Crippen LogP contribution in [-0.2, 0) is 42.0 Å². The molecule has 2 aromatic carbocycles. The number of amides is 1. The number of ether oxygens (including phenoxy) is 1. The molecule has 0 unspecified atom stereocenters. The number of alkyl halides is 3. The predicted molar refractivity (Wildman–Crippen MR) is 128 cm³/mol. The molecule has 0 N–H and O–H groups in total. The molecule has 0 aromatic heterocycles. The number of carbonyl (C=O) groups excluding carboxylic acids is 1. The topological polar surface area (TPSA) is 85.3 Å². The molecule has 1 amide bonds. The number of hydrogen-bond acceptors (Lipinski definition) is 6. The molecule has 0 radical (unpaired) electrons. The highest BCUT2D eigenvalue weighted by atomic mass is 35.5. The summed E-state index contributed by atoms with van der Waals surface area (Å²) in [7, 11) is -3.12. The van der Waals surface area contributed by atoms with Crippen LogP contribution in [0.15, 0.2) is 35.5 Å². The Bertz CT molecular complexity index is 1490. The van der Waals surface area contributed by atoms with Gasteiger partial charge in [0.2, 0.25) is 5.91 Å². The highest BCUT2D eigenvalue weighted by Gasteiger charge is 2.63. The van der Waals surface area contributed by atoms with Gasteiger partial charge in [-0.2, -0.15) is 13.2 Å². The van der Waals surface area contributed by atoms with Crippen molar-refractivity contribution in [3.8, 4) is 0 Å². The zero-order valence-electron chi connectivity index (χ0n) is 19.3. The Kier molecular flexibility index (Phi) is 5.64. The van der Waals surface area contributed by atoms with Crippen LogP contribution in [0.3, 0.4) is 0 Å². The minimum Gasteiger partial charge on any atom is -0.374 e. The zero-order chi connectivity index (χ0) is 27.3. The third kappa shape index (κ3) is 3.82. The Morgan fingerprint density at radius 2 is 1.76 bits per heavy atom. The van der Waals surface area contributed by atoms with E-state index < -0.39 is 61.0 Å². The van der Waals surface area contributed by atoms with E-state index in [2.05, 4.69) is 5.16 Å². The van der Waals surface area contributed by atoms with Crippen LogP contribution in [0.2, 0.25) is 10.0 Å². The molecule has 0 saturated carbocycles. The molecular weight excluding hydrogens is 575 g/mol. The number of likely N-dealkylation sites (tertiary alicyclic amines) is 1. The van der Waals surface area contributed by atoms with Gasteiger partial charge in [-0.1, -0.05) is 40.5 Å². The fourth-order valence-electron chi connectivity index (χ4n) is 5.43. The van der Waals surface area contributed by atoms with Gasteiger partial charge in [0.05, 0.1) is 52.9 Å². The van der Waals surface area contributed by atoms with Crippen LogP contribution < -0.4 is 0 Å². The van der Waals surface area contributed by atoms with Gasteiger partial charge in [0.1, 0.15) is 5.60 Å². The number of nitrogens with zero attached hydrogens (tertiary/aromatic N) is 2. The van der Waals surface area contributed by atoms with Crippen molar-refractivity contribution in [2.75, 3.05) is 24.6 Å². The molecule has 2 saturated heterocycles. The Morgan fingerprint density at radius 1 is 1.11 bits per heavy atom. The van der Waals surface area contributed by atoms with Crippen molar-refractivity contribution >= 4 is 44.7 Å². The second-order valence-electron chi connectivity index (χ2n) is 10.0. The average molecular weight is 593 g/mol. The summed E-state index contributed by atoms with van der Waals surface area (Å²) in [6.07, 6.45) is -5.61. The Balaban J connectivity index is 1.22. The van der Waals surface area contributed by atoms with Crippen molar-refractivity contribution < 1.29 is 40.3 Å². The molecule has 2 aromatic rings. The summed E-state index contributed by atoms with van der Waals surface area (Å²) in [6, 6.07) is 6.67. The van der Waals surface area contributed by atoms with Crippen molar-refractivity contribution in [1.29, 1.82) is 0 Å². The first-order valence-electron chi connectivity index (χ1n) is 11.5. The van der Waals surface area contributed by atoms with Crippen molar-refractivity contribution in [3.05, 3.63) is 68.4 Å². The summed E-state index contributed by atoms with van der Waals surface area (Å²) in [4.78, 5) is 19.1. The number of rotatable bonds is 3. The lowest BCUT2D eigenvalue weighted by Gasteiger charge is -2.49. The van der Waals surface area contributed by atoms with E-state index in [0.717, 1.165) is 23.3 Å². The van der Waals surface area contributed by atoms with Crippen molar-refractivity contribution in [1.82, 2.24) is 4.90 Å². The van der Waals surface area contributed by atoms with Gasteiger partial charge in [-0.05, 0) is 34.9 Å². The minimum atomic E-state index is -4.92. The van der Waals surface area contributed by atoms with Crippen LogP contribution in [0, 0.1) is 11.7 Å². The number of oxime groups is 1. The molecule has 202 valence electrons. The third-order valence-electron chi connectivity index (χ3n) is 7.53. The second-order valence-corrected chi connectivity index (χ2v) is 13.0. The maximum absolute atomic E-state index is 14.3. The number of hydrogen-bond donors (Lipinski definition) is 0. The largest absolute Gasteiger partial charge is 0.435 e. The second kappa shape index (κ2) is 8.30. The molecule has 4 aliphatic heterocycles. The monoisotopic (exact) mass is 592 g/mol. The van der Waals surface area contributed by atoms with Gasteiger partial charge in [0.25, 0.3) is 5.60 Å². The van der Waals surface area contributed by atoms with Gasteiger partial charge >= 0.3 is 6.18 Å². The van der Waals surface area contributed by atoms with Gasteiger partial charge in [-0.25, -0.2) is 12.8 Å². The van der Waals surface area contributed by atoms with E-state index in [-0.39, 0.29) is 42.8 Å². The van der Waals surface area contributed by atoms with E-state index in [1.807, 2.05) is 0 Å². The van der Waals surface area contributed by atoms with Gasteiger partial charge < -0.3 is 14.5 Å². The summed E-state index contributed by atoms with van der Waals surface area (Å²) in [5.41, 5.74) is -2.14. The third-order valence-corrected chi connectivity index (χ3v) is 9.90. The highest BCUT2D eigenvalue weighted by molar-refractivity contribution is 7.92. The normalized spacial score (nSPS) is 25.4. The first kappa shape index (κ1) is 25.8. The fourth-order valence-corrected chi connectivity index (χ4v) is 7.33. The number of sulfone groups is 1. The van der Waals surface area contributed by atoms with Crippen LogP contribution in [0.1, 0.15) is 28.7 Å². The van der Waals surface area contributed by atoms with Crippen LogP contribution in [0.25, 0.3) is 0 Å². The maximum atomic E-state index is 14.3. The Hall–Kier alpha value is -2.41. The first-order chi connectivity index (χ1) is 17.7. The Morgan fingerprint density at radius 3 is 2.37 bits per heavy atom. The first-order valence-corrected chi connectivity index (χ1v) is 14.1. The lowest BCUT2D eigenvalue weighted by Crippen LogP contribution is -2.64. The van der Waals surface area contributed by atoms with Crippen LogP contribution in [0.5, 0.6) is 0 Å².